The van der Waals surface area contributed by atoms with Crippen LogP contribution in [0.15, 0.2) is 54.2 Å². The minimum atomic E-state index is 0.585. The largest absolute Gasteiger partial charge is 0.402 e. The number of hydrogen-bond donors (Lipinski definition) is 4. The number of hydrogen-bond acceptors (Lipinski definition) is 5. The number of benzene rings is 2. The maximum absolute atomic E-state index is 10.1. The van der Waals surface area contributed by atoms with Crippen molar-refractivity contribution in [1.29, 1.82) is 0 Å². The van der Waals surface area contributed by atoms with Crippen molar-refractivity contribution in [3.63, 3.8) is 0 Å². The van der Waals surface area contributed by atoms with Crippen LogP contribution in [0, 0.1) is 0 Å². The van der Waals surface area contributed by atoms with E-state index in [0.29, 0.717) is 22.8 Å². The van der Waals surface area contributed by atoms with Crippen molar-refractivity contribution in [2.75, 3.05) is 16.3 Å². The summed E-state index contributed by atoms with van der Waals surface area (Å²) in [5.74, 6) is 0. The van der Waals surface area contributed by atoms with E-state index in [0.717, 1.165) is 10.7 Å². The SMILES string of the molecule is C/C(N)=C/c1c(N)cccc1NN(O)c1ccccc1. The van der Waals surface area contributed by atoms with Crippen LogP contribution in [0.1, 0.15) is 12.5 Å². The van der Waals surface area contributed by atoms with Crippen LogP contribution in [0.4, 0.5) is 17.1 Å². The molecule has 0 atom stereocenters. The van der Waals surface area contributed by atoms with Gasteiger partial charge in [-0.05, 0) is 37.3 Å². The molecule has 6 N–H and O–H groups in total. The second-order valence-corrected chi connectivity index (χ2v) is 4.46. The average Bonchev–Trinajstić information content (AvgIpc) is 2.43. The number of hydrazine groups is 1. The third-order valence-corrected chi connectivity index (χ3v) is 2.74. The Kier molecular flexibility index (Phi) is 4.12. The Hall–Kier alpha value is -2.66. The van der Waals surface area contributed by atoms with Gasteiger partial charge in [0.2, 0.25) is 0 Å². The molecule has 0 aromatic heterocycles. The Balaban J connectivity index is 2.30. The smallest absolute Gasteiger partial charge is 0.0876 e. The maximum Gasteiger partial charge on any atom is 0.0876 e. The molecule has 20 heavy (non-hydrogen) atoms. The molecule has 0 bridgehead atoms. The molecule has 0 fully saturated rings. The molecule has 0 saturated carbocycles. The van der Waals surface area contributed by atoms with Gasteiger partial charge < -0.3 is 11.5 Å². The van der Waals surface area contributed by atoms with Gasteiger partial charge in [-0.3, -0.25) is 10.6 Å². The number of anilines is 3. The van der Waals surface area contributed by atoms with Gasteiger partial charge in [-0.15, -0.1) is 0 Å². The van der Waals surface area contributed by atoms with Gasteiger partial charge in [-0.1, -0.05) is 24.3 Å². The number of allylic oxidation sites excluding steroid dienone is 1. The van der Waals surface area contributed by atoms with E-state index in [1.807, 2.05) is 24.3 Å². The standard InChI is InChI=1S/C15H18N4O/c1-11(16)10-13-14(17)8-5-9-15(13)18-19(20)12-6-3-2-4-7-12/h2-10,18,20H,16-17H2,1H3/b11-10-. The average molecular weight is 270 g/mol. The summed E-state index contributed by atoms with van der Waals surface area (Å²) in [6.45, 7) is 1.78. The molecule has 0 spiro atoms. The van der Waals surface area contributed by atoms with E-state index in [-0.39, 0.29) is 0 Å². The van der Waals surface area contributed by atoms with Gasteiger partial charge in [0.25, 0.3) is 0 Å². The summed E-state index contributed by atoms with van der Waals surface area (Å²) in [5, 5.41) is 11.0. The van der Waals surface area contributed by atoms with E-state index in [9.17, 15) is 5.21 Å². The van der Waals surface area contributed by atoms with Crippen LogP contribution in [0.2, 0.25) is 0 Å². The summed E-state index contributed by atoms with van der Waals surface area (Å²) in [5.41, 5.74) is 17.8. The highest BCUT2D eigenvalue weighted by molar-refractivity contribution is 5.78. The first-order valence-corrected chi connectivity index (χ1v) is 6.21. The Morgan fingerprint density at radius 2 is 1.85 bits per heavy atom. The molecule has 104 valence electrons. The van der Waals surface area contributed by atoms with E-state index in [2.05, 4.69) is 5.43 Å². The summed E-state index contributed by atoms with van der Waals surface area (Å²) < 4.78 is 0. The quantitative estimate of drug-likeness (QED) is 0.507. The van der Waals surface area contributed by atoms with Gasteiger partial charge in [0.15, 0.2) is 0 Å². The van der Waals surface area contributed by atoms with Crippen LogP contribution < -0.4 is 22.1 Å². The van der Waals surface area contributed by atoms with Crippen molar-refractivity contribution in [1.82, 2.24) is 0 Å². The van der Waals surface area contributed by atoms with E-state index in [1.54, 1.807) is 37.3 Å². The summed E-state index contributed by atoms with van der Waals surface area (Å²) in [6.07, 6.45) is 1.76. The molecule has 0 aliphatic carbocycles. The lowest BCUT2D eigenvalue weighted by molar-refractivity contribution is 0.277. The first kappa shape index (κ1) is 13.8. The van der Waals surface area contributed by atoms with Gasteiger partial charge >= 0.3 is 0 Å². The molecule has 0 heterocycles. The Labute approximate surface area is 118 Å². The summed E-state index contributed by atoms with van der Waals surface area (Å²) in [4.78, 5) is 0. The number of para-hydroxylation sites is 1. The summed E-state index contributed by atoms with van der Waals surface area (Å²) in [6, 6.07) is 14.5. The van der Waals surface area contributed by atoms with E-state index < -0.39 is 0 Å². The lowest BCUT2D eigenvalue weighted by atomic mass is 10.1. The van der Waals surface area contributed by atoms with Crippen molar-refractivity contribution in [3.05, 3.63) is 59.8 Å². The van der Waals surface area contributed by atoms with Crippen LogP contribution in [-0.4, -0.2) is 5.21 Å². The second kappa shape index (κ2) is 5.99. The fraction of sp³-hybridized carbons (Fsp3) is 0.0667. The third kappa shape index (κ3) is 3.21. The Morgan fingerprint density at radius 1 is 1.15 bits per heavy atom. The molecule has 0 aliphatic heterocycles. The van der Waals surface area contributed by atoms with Crippen molar-refractivity contribution in [3.8, 4) is 0 Å². The molecule has 0 unspecified atom stereocenters. The summed E-state index contributed by atoms with van der Waals surface area (Å²) >= 11 is 0. The number of nitrogens with two attached hydrogens (primary N) is 2. The predicted octanol–water partition coefficient (Wildman–Crippen LogP) is 2.81. The molecule has 2 rings (SSSR count). The Bertz CT molecular complexity index is 607. The zero-order valence-corrected chi connectivity index (χ0v) is 11.2. The van der Waals surface area contributed by atoms with Crippen molar-refractivity contribution >= 4 is 23.1 Å². The first-order valence-electron chi connectivity index (χ1n) is 6.21. The zero-order valence-electron chi connectivity index (χ0n) is 11.2. The van der Waals surface area contributed by atoms with E-state index >= 15 is 0 Å². The van der Waals surface area contributed by atoms with Crippen molar-refractivity contribution in [2.24, 2.45) is 5.73 Å². The van der Waals surface area contributed by atoms with Gasteiger partial charge in [0.05, 0.1) is 11.4 Å². The van der Waals surface area contributed by atoms with Crippen molar-refractivity contribution < 1.29 is 5.21 Å². The van der Waals surface area contributed by atoms with Crippen molar-refractivity contribution in [2.45, 2.75) is 6.92 Å². The van der Waals surface area contributed by atoms with E-state index in [1.165, 1.54) is 0 Å². The monoisotopic (exact) mass is 270 g/mol. The number of rotatable bonds is 4. The number of nitrogens with one attached hydrogen (secondary N) is 1. The Morgan fingerprint density at radius 3 is 2.50 bits per heavy atom. The van der Waals surface area contributed by atoms with Gasteiger partial charge in [-0.2, -0.15) is 5.17 Å². The molecule has 0 amide bonds. The predicted molar refractivity (Wildman–Crippen MR) is 83.0 cm³/mol. The minimum absolute atomic E-state index is 0.585. The fourth-order valence-corrected chi connectivity index (χ4v) is 1.82. The van der Waals surface area contributed by atoms with Gasteiger partial charge in [-0.25, -0.2) is 0 Å². The number of nitrogens with zero attached hydrogens (tertiary/aromatic N) is 1. The first-order chi connectivity index (χ1) is 9.58. The van der Waals surface area contributed by atoms with Gasteiger partial charge in [0.1, 0.15) is 0 Å². The molecular formula is C15H18N4O. The highest BCUT2D eigenvalue weighted by Gasteiger charge is 2.08. The van der Waals surface area contributed by atoms with E-state index in [4.69, 9.17) is 11.5 Å². The number of nitrogen functional groups attached to an aromatic ring is 1. The topological polar surface area (TPSA) is 87.5 Å². The molecular weight excluding hydrogens is 252 g/mol. The molecule has 0 aliphatic rings. The molecule has 5 nitrogen and oxygen atoms in total. The second-order valence-electron chi connectivity index (χ2n) is 4.46. The van der Waals surface area contributed by atoms with Crippen LogP contribution in [0.3, 0.4) is 0 Å². The van der Waals surface area contributed by atoms with Crippen LogP contribution in [0.5, 0.6) is 0 Å². The van der Waals surface area contributed by atoms with Crippen LogP contribution >= 0.6 is 0 Å². The maximum atomic E-state index is 10.1. The highest BCUT2D eigenvalue weighted by Crippen LogP contribution is 2.25. The minimum Gasteiger partial charge on any atom is -0.402 e. The van der Waals surface area contributed by atoms with Crippen LogP contribution in [-0.2, 0) is 0 Å². The lowest BCUT2D eigenvalue weighted by Gasteiger charge is -2.21. The normalized spacial score (nSPS) is 11.2. The summed E-state index contributed by atoms with van der Waals surface area (Å²) in [7, 11) is 0. The molecule has 0 radical (unpaired) electrons. The molecule has 0 saturated heterocycles. The zero-order chi connectivity index (χ0) is 14.5. The molecule has 2 aromatic carbocycles. The molecule has 5 heteroatoms. The fourth-order valence-electron chi connectivity index (χ4n) is 1.82. The van der Waals surface area contributed by atoms with Gasteiger partial charge in [0, 0.05) is 16.9 Å². The van der Waals surface area contributed by atoms with Crippen LogP contribution in [0.25, 0.3) is 6.08 Å². The third-order valence-electron chi connectivity index (χ3n) is 2.74. The molecule has 2 aromatic rings. The lowest BCUT2D eigenvalue weighted by Crippen LogP contribution is -2.26. The highest BCUT2D eigenvalue weighted by atomic mass is 16.5.